The van der Waals surface area contributed by atoms with Crippen molar-refractivity contribution in [1.29, 1.82) is 0 Å². The highest BCUT2D eigenvalue weighted by atomic mass is 35.5. The number of esters is 1. The van der Waals surface area contributed by atoms with Gasteiger partial charge in [0.05, 0.1) is 31.7 Å². The first-order chi connectivity index (χ1) is 12.6. The van der Waals surface area contributed by atoms with Gasteiger partial charge in [-0.15, -0.1) is 12.4 Å². The average Bonchev–Trinajstić information content (AvgIpc) is 3.30. The van der Waals surface area contributed by atoms with Gasteiger partial charge in [-0.25, -0.2) is 0 Å². The molecule has 1 aliphatic heterocycles. The Kier molecular flexibility index (Phi) is 7.38. The van der Waals surface area contributed by atoms with E-state index in [1.54, 1.807) is 10.9 Å². The van der Waals surface area contributed by atoms with Crippen LogP contribution in [-0.4, -0.2) is 41.9 Å². The number of hydrogen-bond acceptors (Lipinski definition) is 5. The predicted octanol–water partition coefficient (Wildman–Crippen LogP) is 1.57. The Labute approximate surface area is 164 Å². The Balaban J connectivity index is 0.00000261. The van der Waals surface area contributed by atoms with E-state index in [0.29, 0.717) is 6.54 Å². The van der Waals surface area contributed by atoms with Crippen molar-refractivity contribution in [2.75, 3.05) is 20.2 Å². The van der Waals surface area contributed by atoms with Crippen molar-refractivity contribution in [2.24, 2.45) is 13.0 Å². The minimum absolute atomic E-state index is 0. The second-order valence-corrected chi connectivity index (χ2v) is 6.57. The summed E-state index contributed by atoms with van der Waals surface area (Å²) in [5, 5.41) is 10.5. The number of ether oxygens (including phenoxy) is 1. The van der Waals surface area contributed by atoms with E-state index in [1.807, 2.05) is 43.6 Å². The zero-order valence-corrected chi connectivity index (χ0v) is 16.2. The molecule has 1 aromatic heterocycles. The molecular formula is C19H25ClN4O3. The van der Waals surface area contributed by atoms with Gasteiger partial charge in [0.15, 0.2) is 0 Å². The Morgan fingerprint density at radius 3 is 2.70 bits per heavy atom. The lowest BCUT2D eigenvalue weighted by Crippen LogP contribution is -2.37. The van der Waals surface area contributed by atoms with Gasteiger partial charge in [-0.3, -0.25) is 14.3 Å². The number of benzene rings is 1. The molecule has 1 aliphatic rings. The van der Waals surface area contributed by atoms with Crippen LogP contribution < -0.4 is 10.6 Å². The van der Waals surface area contributed by atoms with E-state index in [-0.39, 0.29) is 42.5 Å². The maximum atomic E-state index is 13.0. The average molecular weight is 393 g/mol. The third kappa shape index (κ3) is 5.08. The van der Waals surface area contributed by atoms with E-state index in [1.165, 1.54) is 7.11 Å². The predicted molar refractivity (Wildman–Crippen MR) is 104 cm³/mol. The summed E-state index contributed by atoms with van der Waals surface area (Å²) in [6.07, 6.45) is 3.85. The Morgan fingerprint density at radius 2 is 2.07 bits per heavy atom. The van der Waals surface area contributed by atoms with Crippen LogP contribution in [0.3, 0.4) is 0 Å². The van der Waals surface area contributed by atoms with E-state index in [2.05, 4.69) is 15.7 Å². The van der Waals surface area contributed by atoms with Gasteiger partial charge in [0.2, 0.25) is 5.91 Å². The lowest BCUT2D eigenvalue weighted by molar-refractivity contribution is -0.141. The monoisotopic (exact) mass is 392 g/mol. The number of amides is 1. The third-order valence-corrected chi connectivity index (χ3v) is 4.82. The quantitative estimate of drug-likeness (QED) is 0.729. The summed E-state index contributed by atoms with van der Waals surface area (Å²) in [6, 6.07) is 9.08. The number of carbonyl (C=O) groups excluding carboxylic acids is 2. The molecule has 8 heteroatoms. The molecule has 1 aromatic carbocycles. The molecule has 2 N–H and O–H groups in total. The van der Waals surface area contributed by atoms with Gasteiger partial charge in [0, 0.05) is 32.3 Å². The van der Waals surface area contributed by atoms with Gasteiger partial charge < -0.3 is 15.4 Å². The molecule has 0 bridgehead atoms. The fourth-order valence-corrected chi connectivity index (χ4v) is 3.40. The van der Waals surface area contributed by atoms with Gasteiger partial charge in [-0.2, -0.15) is 5.10 Å². The van der Waals surface area contributed by atoms with Crippen LogP contribution in [-0.2, 0) is 21.4 Å². The van der Waals surface area contributed by atoms with Gasteiger partial charge in [0.1, 0.15) is 0 Å². The molecule has 2 aromatic rings. The zero-order valence-electron chi connectivity index (χ0n) is 15.4. The number of nitrogens with one attached hydrogen (secondary N) is 2. The summed E-state index contributed by atoms with van der Waals surface area (Å²) >= 11 is 0. The van der Waals surface area contributed by atoms with Crippen molar-refractivity contribution >= 4 is 24.3 Å². The van der Waals surface area contributed by atoms with Gasteiger partial charge in [-0.05, 0) is 11.1 Å². The smallest absolute Gasteiger partial charge is 0.307 e. The summed E-state index contributed by atoms with van der Waals surface area (Å²) in [6.45, 7) is 1.34. The Hall–Kier alpha value is -2.38. The fraction of sp³-hybridized carbons (Fsp3) is 0.421. The summed E-state index contributed by atoms with van der Waals surface area (Å²) in [5.74, 6) is -0.560. The van der Waals surface area contributed by atoms with Crippen molar-refractivity contribution in [2.45, 2.75) is 18.4 Å². The van der Waals surface area contributed by atoms with E-state index in [4.69, 9.17) is 4.74 Å². The number of rotatable bonds is 6. The molecule has 0 saturated carbocycles. The minimum Gasteiger partial charge on any atom is -0.469 e. The maximum Gasteiger partial charge on any atom is 0.307 e. The topological polar surface area (TPSA) is 85.2 Å². The third-order valence-electron chi connectivity index (χ3n) is 4.82. The van der Waals surface area contributed by atoms with E-state index in [0.717, 1.165) is 17.7 Å². The zero-order chi connectivity index (χ0) is 18.5. The second kappa shape index (κ2) is 9.53. The number of methoxy groups -OCH3 is 1. The van der Waals surface area contributed by atoms with E-state index < -0.39 is 6.04 Å². The van der Waals surface area contributed by atoms with Crippen LogP contribution in [0.2, 0.25) is 0 Å². The highest BCUT2D eigenvalue weighted by Gasteiger charge is 2.35. The summed E-state index contributed by atoms with van der Waals surface area (Å²) in [4.78, 5) is 24.7. The molecule has 1 saturated heterocycles. The first kappa shape index (κ1) is 20.9. The molecule has 3 atom stereocenters. The van der Waals surface area contributed by atoms with Gasteiger partial charge in [-0.1, -0.05) is 30.3 Å². The molecule has 0 spiro atoms. The van der Waals surface area contributed by atoms with Crippen LogP contribution in [0.25, 0.3) is 0 Å². The van der Waals surface area contributed by atoms with Crippen molar-refractivity contribution < 1.29 is 14.3 Å². The Bertz CT molecular complexity index is 765. The normalized spacial score (nSPS) is 19.8. The van der Waals surface area contributed by atoms with Gasteiger partial charge >= 0.3 is 5.97 Å². The van der Waals surface area contributed by atoms with E-state index >= 15 is 0 Å². The summed E-state index contributed by atoms with van der Waals surface area (Å²) in [7, 11) is 3.22. The van der Waals surface area contributed by atoms with Crippen LogP contribution in [0.5, 0.6) is 0 Å². The van der Waals surface area contributed by atoms with Crippen molar-refractivity contribution in [3.05, 3.63) is 53.9 Å². The number of aryl methyl sites for hydroxylation is 1. The molecule has 7 nitrogen and oxygen atoms in total. The fourth-order valence-electron chi connectivity index (χ4n) is 3.40. The van der Waals surface area contributed by atoms with Gasteiger partial charge in [0.25, 0.3) is 0 Å². The standard InChI is InChI=1S/C19H24N4O3.ClH/c1-23-12-14(9-21-23)15-10-20-11-16(15)19(25)22-17(8-18(24)26-2)13-6-4-3-5-7-13;/h3-7,9,12,15-17,20H,8,10-11H2,1-2H3,(H,22,25);1H/t15-,16+,17?;/m1./s1. The molecular weight excluding hydrogens is 368 g/mol. The molecule has 1 amide bonds. The van der Waals surface area contributed by atoms with Crippen LogP contribution in [0, 0.1) is 5.92 Å². The highest BCUT2D eigenvalue weighted by molar-refractivity contribution is 5.85. The molecule has 3 rings (SSSR count). The number of halogens is 1. The summed E-state index contributed by atoms with van der Waals surface area (Å²) in [5.41, 5.74) is 1.93. The Morgan fingerprint density at radius 1 is 1.33 bits per heavy atom. The van der Waals surface area contributed by atoms with Crippen LogP contribution in [0.1, 0.15) is 29.5 Å². The molecule has 0 radical (unpaired) electrons. The molecule has 1 fully saturated rings. The van der Waals surface area contributed by atoms with Crippen LogP contribution in [0.4, 0.5) is 0 Å². The molecule has 146 valence electrons. The SMILES string of the molecule is COC(=O)CC(NC(=O)[C@H]1CNC[C@@H]1c1cnn(C)c1)c1ccccc1.Cl. The van der Waals surface area contributed by atoms with Crippen LogP contribution >= 0.6 is 12.4 Å². The minimum atomic E-state index is -0.411. The largest absolute Gasteiger partial charge is 0.469 e. The van der Waals surface area contributed by atoms with Crippen molar-refractivity contribution in [3.8, 4) is 0 Å². The van der Waals surface area contributed by atoms with Crippen molar-refractivity contribution in [3.63, 3.8) is 0 Å². The number of nitrogens with zero attached hydrogens (tertiary/aromatic N) is 2. The molecule has 2 heterocycles. The second-order valence-electron chi connectivity index (χ2n) is 6.57. The number of carbonyl (C=O) groups is 2. The molecule has 0 aliphatic carbocycles. The molecule has 27 heavy (non-hydrogen) atoms. The van der Waals surface area contributed by atoms with Crippen molar-refractivity contribution in [1.82, 2.24) is 20.4 Å². The van der Waals surface area contributed by atoms with E-state index in [9.17, 15) is 9.59 Å². The lowest BCUT2D eigenvalue weighted by atomic mass is 9.89. The van der Waals surface area contributed by atoms with Crippen LogP contribution in [0.15, 0.2) is 42.7 Å². The lowest BCUT2D eigenvalue weighted by Gasteiger charge is -2.23. The summed E-state index contributed by atoms with van der Waals surface area (Å²) < 4.78 is 6.53. The molecule has 1 unspecified atom stereocenters. The first-order valence-electron chi connectivity index (χ1n) is 8.70. The number of aromatic nitrogens is 2. The maximum absolute atomic E-state index is 13.0. The first-order valence-corrected chi connectivity index (χ1v) is 8.70. The number of hydrogen-bond donors (Lipinski definition) is 2. The highest BCUT2D eigenvalue weighted by Crippen LogP contribution is 2.29.